The van der Waals surface area contributed by atoms with Gasteiger partial charge >= 0.3 is 5.69 Å². The zero-order valence-electron chi connectivity index (χ0n) is 15.4. The smallest absolute Gasteiger partial charge is 0.315 e. The second kappa shape index (κ2) is 8.02. The second-order valence-electron chi connectivity index (χ2n) is 6.12. The summed E-state index contributed by atoms with van der Waals surface area (Å²) in [7, 11) is -3.11. The molecular weight excluding hydrogens is 432 g/mol. The number of phenolic OH excluding ortho intramolecular Hbond substituents is 1. The Morgan fingerprint density at radius 1 is 1.10 bits per heavy atom. The maximum atomic E-state index is 13.2. The van der Waals surface area contributed by atoms with Crippen LogP contribution in [0.5, 0.6) is 11.5 Å². The van der Waals surface area contributed by atoms with E-state index in [1.54, 1.807) is 24.3 Å². The third-order valence-corrected chi connectivity index (χ3v) is 6.19. The summed E-state index contributed by atoms with van der Waals surface area (Å²) in [5.41, 5.74) is 0.591. The van der Waals surface area contributed by atoms with Crippen molar-refractivity contribution < 1.29 is 23.2 Å². The topological polar surface area (TPSA) is 131 Å². The minimum atomic E-state index is -4.26. The molecule has 10 heteroatoms. The van der Waals surface area contributed by atoms with Crippen LogP contribution in [0.4, 0.5) is 5.69 Å². The van der Waals surface area contributed by atoms with Crippen LogP contribution in [0.2, 0.25) is 5.02 Å². The molecule has 0 bridgehead atoms. The number of hydrogen-bond donors (Lipinski definition) is 1. The number of halogens is 1. The second-order valence-corrected chi connectivity index (χ2v) is 8.51. The number of nitrogens with zero attached hydrogens (tertiary/aromatic N) is 2. The first-order valence-electron chi connectivity index (χ1n) is 8.29. The number of rotatable bonds is 5. The van der Waals surface area contributed by atoms with Crippen LogP contribution in [0, 0.1) is 21.4 Å². The third-order valence-electron chi connectivity index (χ3n) is 4.26. The van der Waals surface area contributed by atoms with Gasteiger partial charge in [-0.2, -0.15) is 5.26 Å². The van der Waals surface area contributed by atoms with Crippen LogP contribution < -0.4 is 4.74 Å². The lowest BCUT2D eigenvalue weighted by Crippen LogP contribution is -2.04. The van der Waals surface area contributed by atoms with E-state index in [1.807, 2.05) is 6.07 Å². The van der Waals surface area contributed by atoms with Crippen molar-refractivity contribution in [1.29, 1.82) is 5.26 Å². The number of methoxy groups -OCH3 is 1. The Hall–Kier alpha value is -3.61. The minimum Gasteiger partial charge on any atom is -0.500 e. The summed E-state index contributed by atoms with van der Waals surface area (Å²) in [6, 6.07) is 14.4. The van der Waals surface area contributed by atoms with Gasteiger partial charge in [-0.3, -0.25) is 10.1 Å². The number of aromatic hydroxyl groups is 1. The van der Waals surface area contributed by atoms with E-state index in [4.69, 9.17) is 21.6 Å². The number of nitro groups is 1. The molecule has 0 unspecified atom stereocenters. The molecule has 0 radical (unpaired) electrons. The van der Waals surface area contributed by atoms with Crippen molar-refractivity contribution in [3.05, 3.63) is 75.3 Å². The van der Waals surface area contributed by atoms with Gasteiger partial charge in [-0.25, -0.2) is 8.42 Å². The van der Waals surface area contributed by atoms with Gasteiger partial charge in [0.05, 0.1) is 33.5 Å². The lowest BCUT2D eigenvalue weighted by Gasteiger charge is -2.11. The summed E-state index contributed by atoms with van der Waals surface area (Å²) in [4.78, 5) is 9.64. The Balaban J connectivity index is 2.21. The van der Waals surface area contributed by atoms with E-state index >= 15 is 0 Å². The van der Waals surface area contributed by atoms with Gasteiger partial charge in [0.2, 0.25) is 15.6 Å². The summed E-state index contributed by atoms with van der Waals surface area (Å²) in [6.07, 6.45) is 0. The molecule has 3 rings (SSSR count). The number of nitriles is 1. The molecule has 0 saturated carbocycles. The molecule has 3 aromatic rings. The molecule has 0 atom stereocenters. The fourth-order valence-corrected chi connectivity index (χ4v) is 4.47. The quantitative estimate of drug-likeness (QED) is 0.457. The molecule has 0 spiro atoms. The Morgan fingerprint density at radius 2 is 1.80 bits per heavy atom. The normalized spacial score (nSPS) is 11.0. The summed E-state index contributed by atoms with van der Waals surface area (Å²) < 4.78 is 31.2. The third kappa shape index (κ3) is 3.91. The largest absolute Gasteiger partial charge is 0.500 e. The molecule has 0 fully saturated rings. The van der Waals surface area contributed by atoms with Crippen LogP contribution >= 0.6 is 11.6 Å². The zero-order valence-corrected chi connectivity index (χ0v) is 16.9. The van der Waals surface area contributed by atoms with Crippen molar-refractivity contribution in [2.24, 2.45) is 0 Å². The highest BCUT2D eigenvalue weighted by Crippen LogP contribution is 2.40. The van der Waals surface area contributed by atoms with Crippen molar-refractivity contribution in [3.63, 3.8) is 0 Å². The van der Waals surface area contributed by atoms with E-state index in [0.717, 1.165) is 19.2 Å². The SMILES string of the molecule is COc1cc(S(=O)(=O)c2cc(Cl)cc(-c3cccc(C#N)c3)c2)cc([N+](=O)[O-])c1O. The molecular formula is C20H13ClN2O6S. The first kappa shape index (κ1) is 21.1. The van der Waals surface area contributed by atoms with E-state index in [2.05, 4.69) is 0 Å². The first-order valence-corrected chi connectivity index (χ1v) is 10.1. The predicted octanol–water partition coefficient (Wildman–Crippen LogP) is 4.33. The number of benzene rings is 3. The Kier molecular flexibility index (Phi) is 5.64. The van der Waals surface area contributed by atoms with Crippen LogP contribution in [0.1, 0.15) is 5.56 Å². The number of ether oxygens (including phenoxy) is 1. The van der Waals surface area contributed by atoms with Crippen molar-refractivity contribution in [2.75, 3.05) is 7.11 Å². The first-order chi connectivity index (χ1) is 14.2. The highest BCUT2D eigenvalue weighted by Gasteiger charge is 2.27. The predicted molar refractivity (Wildman–Crippen MR) is 108 cm³/mol. The van der Waals surface area contributed by atoms with Crippen molar-refractivity contribution in [1.82, 2.24) is 0 Å². The molecule has 0 heterocycles. The molecule has 0 aromatic heterocycles. The lowest BCUT2D eigenvalue weighted by atomic mass is 10.0. The molecule has 152 valence electrons. The molecule has 1 N–H and O–H groups in total. The number of nitro benzene ring substituents is 1. The van der Waals surface area contributed by atoms with Gasteiger partial charge in [0.15, 0.2) is 5.75 Å². The molecule has 0 saturated heterocycles. The van der Waals surface area contributed by atoms with Crippen LogP contribution in [0.25, 0.3) is 11.1 Å². The minimum absolute atomic E-state index is 0.119. The lowest BCUT2D eigenvalue weighted by molar-refractivity contribution is -0.386. The van der Waals surface area contributed by atoms with Crippen molar-refractivity contribution in [2.45, 2.75) is 9.79 Å². The highest BCUT2D eigenvalue weighted by atomic mass is 35.5. The summed E-state index contributed by atoms with van der Waals surface area (Å²) in [5.74, 6) is -1.13. The summed E-state index contributed by atoms with van der Waals surface area (Å²) in [6.45, 7) is 0. The van der Waals surface area contributed by atoms with Crippen LogP contribution in [0.3, 0.4) is 0 Å². The maximum Gasteiger partial charge on any atom is 0.315 e. The zero-order chi connectivity index (χ0) is 22.1. The Morgan fingerprint density at radius 3 is 2.43 bits per heavy atom. The average Bonchev–Trinajstić information content (AvgIpc) is 2.73. The van der Waals surface area contributed by atoms with Gasteiger partial charge in [0, 0.05) is 17.2 Å². The summed E-state index contributed by atoms with van der Waals surface area (Å²) >= 11 is 6.13. The molecule has 0 aliphatic carbocycles. The van der Waals surface area contributed by atoms with Crippen molar-refractivity contribution in [3.8, 4) is 28.7 Å². The van der Waals surface area contributed by atoms with E-state index in [-0.39, 0.29) is 15.7 Å². The molecule has 3 aromatic carbocycles. The molecule has 8 nitrogen and oxygen atoms in total. The molecule has 0 amide bonds. The average molecular weight is 445 g/mol. The van der Waals surface area contributed by atoms with Crippen LogP contribution in [0.15, 0.2) is 64.4 Å². The van der Waals surface area contributed by atoms with E-state index in [0.29, 0.717) is 16.7 Å². The van der Waals surface area contributed by atoms with Gasteiger partial charge in [-0.15, -0.1) is 0 Å². The van der Waals surface area contributed by atoms with Crippen molar-refractivity contribution >= 4 is 27.1 Å². The van der Waals surface area contributed by atoms with Crippen LogP contribution in [-0.4, -0.2) is 25.6 Å². The van der Waals surface area contributed by atoms with Gasteiger partial charge < -0.3 is 9.84 Å². The highest BCUT2D eigenvalue weighted by molar-refractivity contribution is 7.91. The fraction of sp³-hybridized carbons (Fsp3) is 0.0500. The van der Waals surface area contributed by atoms with Gasteiger partial charge in [-0.1, -0.05) is 23.7 Å². The molecule has 0 aliphatic heterocycles. The van der Waals surface area contributed by atoms with Gasteiger partial charge in [0.25, 0.3) is 0 Å². The van der Waals surface area contributed by atoms with E-state index in [1.165, 1.54) is 18.2 Å². The Bertz CT molecular complexity index is 1320. The number of sulfone groups is 1. The summed E-state index contributed by atoms with van der Waals surface area (Å²) in [5, 5.41) is 30.3. The monoisotopic (exact) mass is 444 g/mol. The standard InChI is InChI=1S/C20H13ClN2O6S/c1-29-19-10-17(9-18(20(19)24)23(25)26)30(27,28)16-7-14(6-15(21)8-16)13-4-2-3-12(5-13)11-22/h2-10,24H,1H3. The van der Waals surface area contributed by atoms with Gasteiger partial charge in [-0.05, 0) is 41.5 Å². The van der Waals surface area contributed by atoms with Crippen LogP contribution in [-0.2, 0) is 9.84 Å². The maximum absolute atomic E-state index is 13.2. The van der Waals surface area contributed by atoms with Gasteiger partial charge in [0.1, 0.15) is 0 Å². The fourth-order valence-electron chi connectivity index (χ4n) is 2.81. The molecule has 30 heavy (non-hydrogen) atoms. The number of hydrogen-bond acceptors (Lipinski definition) is 7. The Labute approximate surface area is 176 Å². The molecule has 0 aliphatic rings. The van der Waals surface area contributed by atoms with E-state index < -0.39 is 31.1 Å². The number of phenols is 1. The van der Waals surface area contributed by atoms with E-state index in [9.17, 15) is 23.6 Å².